The zero-order valence-electron chi connectivity index (χ0n) is 9.22. The van der Waals surface area contributed by atoms with E-state index in [2.05, 4.69) is 4.90 Å². The van der Waals surface area contributed by atoms with Crippen LogP contribution in [0, 0.1) is 0 Å². The van der Waals surface area contributed by atoms with Gasteiger partial charge in [0.2, 0.25) is 0 Å². The van der Waals surface area contributed by atoms with Gasteiger partial charge in [-0.1, -0.05) is 0 Å². The van der Waals surface area contributed by atoms with Crippen LogP contribution >= 0.6 is 12.2 Å². The standard InChI is InChI=1S/C11H16N2O2S/c14-10-9-4-1-5-12(9)11(16)13(10)7-8-3-2-6-15-8/h8-9H,1-7H2. The summed E-state index contributed by atoms with van der Waals surface area (Å²) in [5, 5.41) is 0.725. The average molecular weight is 240 g/mol. The molecule has 0 radical (unpaired) electrons. The maximum Gasteiger partial charge on any atom is 0.251 e. The molecule has 0 aromatic carbocycles. The summed E-state index contributed by atoms with van der Waals surface area (Å²) >= 11 is 5.37. The molecule has 3 aliphatic rings. The summed E-state index contributed by atoms with van der Waals surface area (Å²) < 4.78 is 5.56. The Labute approximate surface area is 101 Å². The number of nitrogens with zero attached hydrogens (tertiary/aromatic N) is 2. The molecule has 5 heteroatoms. The summed E-state index contributed by atoms with van der Waals surface area (Å²) in [5.74, 6) is 0.193. The fourth-order valence-corrected chi connectivity index (χ4v) is 3.22. The molecule has 0 saturated carbocycles. The number of carbonyl (C=O) groups is 1. The second kappa shape index (κ2) is 3.96. The summed E-state index contributed by atoms with van der Waals surface area (Å²) in [6.07, 6.45) is 4.40. The van der Waals surface area contributed by atoms with Crippen molar-refractivity contribution in [2.75, 3.05) is 19.7 Å². The van der Waals surface area contributed by atoms with Gasteiger partial charge in [-0.15, -0.1) is 0 Å². The van der Waals surface area contributed by atoms with Crippen LogP contribution in [0.4, 0.5) is 0 Å². The topological polar surface area (TPSA) is 32.8 Å². The second-order valence-electron chi connectivity index (χ2n) is 4.72. The van der Waals surface area contributed by atoms with Gasteiger partial charge in [0.05, 0.1) is 12.6 Å². The second-order valence-corrected chi connectivity index (χ2v) is 5.08. The Bertz CT molecular complexity index is 306. The number of amides is 1. The molecule has 0 bridgehead atoms. The minimum absolute atomic E-state index is 0.0360. The Kier molecular flexibility index (Phi) is 2.59. The molecule has 3 fully saturated rings. The molecular formula is C11H16N2O2S. The summed E-state index contributed by atoms with van der Waals surface area (Å²) in [7, 11) is 0. The van der Waals surface area contributed by atoms with Crippen LogP contribution in [0.5, 0.6) is 0 Å². The number of rotatable bonds is 2. The van der Waals surface area contributed by atoms with Gasteiger partial charge in [-0.3, -0.25) is 9.69 Å². The van der Waals surface area contributed by atoms with Gasteiger partial charge in [0, 0.05) is 13.2 Å². The molecule has 16 heavy (non-hydrogen) atoms. The third-order valence-electron chi connectivity index (χ3n) is 3.69. The molecule has 0 aromatic heterocycles. The van der Waals surface area contributed by atoms with E-state index in [9.17, 15) is 4.79 Å². The number of carbonyl (C=O) groups excluding carboxylic acids is 1. The predicted molar refractivity (Wildman–Crippen MR) is 63.0 cm³/mol. The van der Waals surface area contributed by atoms with Gasteiger partial charge in [-0.2, -0.15) is 0 Å². The van der Waals surface area contributed by atoms with Crippen molar-refractivity contribution in [2.45, 2.75) is 37.8 Å². The predicted octanol–water partition coefficient (Wildman–Crippen LogP) is 0.757. The third kappa shape index (κ3) is 1.53. The number of hydrogen-bond acceptors (Lipinski definition) is 3. The lowest BCUT2D eigenvalue weighted by molar-refractivity contribution is -0.128. The molecule has 3 rings (SSSR count). The molecule has 0 spiro atoms. The van der Waals surface area contributed by atoms with Crippen LogP contribution in [-0.2, 0) is 9.53 Å². The maximum absolute atomic E-state index is 12.1. The quantitative estimate of drug-likeness (QED) is 0.667. The fourth-order valence-electron chi connectivity index (χ4n) is 2.84. The van der Waals surface area contributed by atoms with Crippen LogP contribution in [-0.4, -0.2) is 52.7 Å². The van der Waals surface area contributed by atoms with Crippen LogP contribution in [0.25, 0.3) is 0 Å². The Balaban J connectivity index is 1.71. The van der Waals surface area contributed by atoms with E-state index >= 15 is 0 Å². The summed E-state index contributed by atoms with van der Waals surface area (Å²) in [5.41, 5.74) is 0. The normalized spacial score (nSPS) is 34.0. The van der Waals surface area contributed by atoms with Gasteiger partial charge in [0.25, 0.3) is 5.91 Å². The van der Waals surface area contributed by atoms with Crippen molar-refractivity contribution >= 4 is 23.2 Å². The molecule has 0 aliphatic carbocycles. The molecular weight excluding hydrogens is 224 g/mol. The van der Waals surface area contributed by atoms with Crippen LogP contribution in [0.1, 0.15) is 25.7 Å². The molecule has 88 valence electrons. The van der Waals surface area contributed by atoms with Crippen molar-refractivity contribution in [3.63, 3.8) is 0 Å². The largest absolute Gasteiger partial charge is 0.376 e. The van der Waals surface area contributed by atoms with Crippen LogP contribution in [0.3, 0.4) is 0 Å². The van der Waals surface area contributed by atoms with Crippen molar-refractivity contribution < 1.29 is 9.53 Å². The highest BCUT2D eigenvalue weighted by atomic mass is 32.1. The minimum Gasteiger partial charge on any atom is -0.376 e. The van der Waals surface area contributed by atoms with Crippen molar-refractivity contribution in [1.82, 2.24) is 9.80 Å². The molecule has 0 aromatic rings. The summed E-state index contributed by atoms with van der Waals surface area (Å²) in [4.78, 5) is 16.0. The van der Waals surface area contributed by atoms with E-state index in [0.717, 1.165) is 43.9 Å². The van der Waals surface area contributed by atoms with E-state index in [0.29, 0.717) is 6.54 Å². The lowest BCUT2D eigenvalue weighted by atomic mass is 10.2. The average Bonchev–Trinajstić information content (AvgIpc) is 2.97. The molecule has 3 heterocycles. The lowest BCUT2D eigenvalue weighted by Crippen LogP contribution is -2.38. The van der Waals surface area contributed by atoms with Crippen molar-refractivity contribution in [1.29, 1.82) is 0 Å². The first-order valence-electron chi connectivity index (χ1n) is 6.01. The van der Waals surface area contributed by atoms with E-state index in [1.54, 1.807) is 4.90 Å². The highest BCUT2D eigenvalue weighted by Gasteiger charge is 2.45. The van der Waals surface area contributed by atoms with Gasteiger partial charge in [-0.05, 0) is 37.9 Å². The molecule has 3 aliphatic heterocycles. The first kappa shape index (κ1) is 10.5. The van der Waals surface area contributed by atoms with Gasteiger partial charge >= 0.3 is 0 Å². The fraction of sp³-hybridized carbons (Fsp3) is 0.818. The molecule has 4 nitrogen and oxygen atoms in total. The van der Waals surface area contributed by atoms with E-state index in [-0.39, 0.29) is 18.1 Å². The van der Waals surface area contributed by atoms with Gasteiger partial charge in [0.15, 0.2) is 5.11 Å². The van der Waals surface area contributed by atoms with Crippen LogP contribution < -0.4 is 0 Å². The van der Waals surface area contributed by atoms with Gasteiger partial charge in [-0.25, -0.2) is 0 Å². The van der Waals surface area contributed by atoms with E-state index in [4.69, 9.17) is 17.0 Å². The van der Waals surface area contributed by atoms with E-state index < -0.39 is 0 Å². The van der Waals surface area contributed by atoms with E-state index in [1.807, 2.05) is 0 Å². The van der Waals surface area contributed by atoms with E-state index in [1.165, 1.54) is 0 Å². The highest BCUT2D eigenvalue weighted by Crippen LogP contribution is 2.28. The number of hydrogen-bond donors (Lipinski definition) is 0. The highest BCUT2D eigenvalue weighted by molar-refractivity contribution is 7.80. The Hall–Kier alpha value is -0.680. The van der Waals surface area contributed by atoms with Gasteiger partial charge in [0.1, 0.15) is 6.04 Å². The Morgan fingerprint density at radius 3 is 2.94 bits per heavy atom. The first-order chi connectivity index (χ1) is 7.77. The number of ether oxygens (including phenoxy) is 1. The first-order valence-corrected chi connectivity index (χ1v) is 6.42. The third-order valence-corrected chi connectivity index (χ3v) is 4.15. The zero-order valence-corrected chi connectivity index (χ0v) is 10.0. The summed E-state index contributed by atoms with van der Waals surface area (Å²) in [6, 6.07) is 0.0360. The molecule has 2 atom stereocenters. The van der Waals surface area contributed by atoms with Crippen molar-refractivity contribution in [3.8, 4) is 0 Å². The van der Waals surface area contributed by atoms with Crippen molar-refractivity contribution in [3.05, 3.63) is 0 Å². The van der Waals surface area contributed by atoms with Crippen LogP contribution in [0.2, 0.25) is 0 Å². The van der Waals surface area contributed by atoms with Gasteiger partial charge < -0.3 is 9.64 Å². The van der Waals surface area contributed by atoms with Crippen LogP contribution in [0.15, 0.2) is 0 Å². The lowest BCUT2D eigenvalue weighted by Gasteiger charge is -2.21. The molecule has 0 N–H and O–H groups in total. The smallest absolute Gasteiger partial charge is 0.251 e. The molecule has 2 unspecified atom stereocenters. The Morgan fingerprint density at radius 1 is 1.38 bits per heavy atom. The molecule has 1 amide bonds. The zero-order chi connectivity index (χ0) is 11.1. The monoisotopic (exact) mass is 240 g/mol. The van der Waals surface area contributed by atoms with Crippen molar-refractivity contribution in [2.24, 2.45) is 0 Å². The number of thiocarbonyl (C=S) groups is 1. The SMILES string of the molecule is O=C1C2CCCN2C(=S)N1CC1CCCO1. The maximum atomic E-state index is 12.1. The Morgan fingerprint density at radius 2 is 2.25 bits per heavy atom. The number of fused-ring (bicyclic) bond motifs is 1. The summed E-state index contributed by atoms with van der Waals surface area (Å²) in [6.45, 7) is 2.43. The minimum atomic E-state index is 0.0360. The molecule has 3 saturated heterocycles.